The number of methoxy groups -OCH3 is 1. The molecule has 1 amide bonds. The molecule has 0 heterocycles. The highest BCUT2D eigenvalue weighted by Gasteiger charge is 2.31. The molecule has 0 saturated heterocycles. The summed E-state index contributed by atoms with van der Waals surface area (Å²) in [6, 6.07) is 10.9. The van der Waals surface area contributed by atoms with Gasteiger partial charge in [-0.3, -0.25) is 9.10 Å². The molecule has 1 unspecified atom stereocenters. The smallest absolute Gasteiger partial charge is 0.248 e. The van der Waals surface area contributed by atoms with Crippen molar-refractivity contribution < 1.29 is 17.9 Å². The van der Waals surface area contributed by atoms with E-state index in [1.165, 1.54) is 7.11 Å². The summed E-state index contributed by atoms with van der Waals surface area (Å²) in [5.74, 6) is 0.152. The number of nitrogens with zero attached hydrogens (tertiary/aromatic N) is 1. The number of hydrogen-bond acceptors (Lipinski definition) is 4. The van der Waals surface area contributed by atoms with Crippen molar-refractivity contribution in [2.45, 2.75) is 26.3 Å². The number of carbonyl (C=O) groups is 1. The van der Waals surface area contributed by atoms with E-state index in [0.717, 1.165) is 16.1 Å². The van der Waals surface area contributed by atoms with Gasteiger partial charge in [0.1, 0.15) is 11.8 Å². The molecule has 2 aromatic rings. The fourth-order valence-electron chi connectivity index (χ4n) is 2.71. The molecule has 0 aromatic heterocycles. The van der Waals surface area contributed by atoms with E-state index >= 15 is 0 Å². The Hall–Kier alpha value is -2.25. The summed E-state index contributed by atoms with van der Waals surface area (Å²) >= 11 is 6.16. The number of carbonyl (C=O) groups excluding carboxylic acids is 1. The molecule has 27 heavy (non-hydrogen) atoms. The molecule has 0 aliphatic carbocycles. The first-order valence-electron chi connectivity index (χ1n) is 8.37. The fourth-order valence-corrected chi connectivity index (χ4v) is 4.08. The molecule has 1 N–H and O–H groups in total. The van der Waals surface area contributed by atoms with Crippen molar-refractivity contribution in [3.8, 4) is 5.75 Å². The molecular weight excluding hydrogens is 388 g/mol. The van der Waals surface area contributed by atoms with E-state index in [1.54, 1.807) is 49.4 Å². The van der Waals surface area contributed by atoms with Gasteiger partial charge in [-0.15, -0.1) is 0 Å². The minimum atomic E-state index is -3.72. The number of hydrogen-bond donors (Lipinski definition) is 1. The molecule has 0 saturated carbocycles. The first-order chi connectivity index (χ1) is 12.7. The molecule has 1 atom stereocenters. The van der Waals surface area contributed by atoms with E-state index in [9.17, 15) is 13.2 Å². The number of amides is 1. The lowest BCUT2D eigenvalue weighted by Gasteiger charge is -2.30. The Morgan fingerprint density at radius 2 is 1.96 bits per heavy atom. The zero-order chi connectivity index (χ0) is 20.2. The second-order valence-electron chi connectivity index (χ2n) is 6.14. The largest absolute Gasteiger partial charge is 0.497 e. The van der Waals surface area contributed by atoms with Crippen molar-refractivity contribution in [1.29, 1.82) is 0 Å². The Morgan fingerprint density at radius 1 is 1.26 bits per heavy atom. The summed E-state index contributed by atoms with van der Waals surface area (Å²) in [4.78, 5) is 12.9. The third-order valence-electron chi connectivity index (χ3n) is 4.08. The molecule has 2 rings (SSSR count). The van der Waals surface area contributed by atoms with E-state index in [2.05, 4.69) is 5.32 Å². The summed E-state index contributed by atoms with van der Waals surface area (Å²) in [7, 11) is -2.19. The van der Waals surface area contributed by atoms with Crippen LogP contribution in [0, 0.1) is 6.92 Å². The Bertz CT molecular complexity index is 931. The van der Waals surface area contributed by atoms with Crippen LogP contribution in [0.2, 0.25) is 5.02 Å². The van der Waals surface area contributed by atoms with Gasteiger partial charge >= 0.3 is 0 Å². The highest BCUT2D eigenvalue weighted by atomic mass is 35.5. The molecule has 146 valence electrons. The van der Waals surface area contributed by atoms with Crippen LogP contribution in [0.4, 0.5) is 11.4 Å². The number of ether oxygens (including phenoxy) is 1. The van der Waals surface area contributed by atoms with Crippen LogP contribution >= 0.6 is 11.6 Å². The van der Waals surface area contributed by atoms with Crippen LogP contribution in [0.5, 0.6) is 5.75 Å². The van der Waals surface area contributed by atoms with E-state index in [4.69, 9.17) is 16.3 Å². The number of sulfonamides is 1. The zero-order valence-electron chi connectivity index (χ0n) is 15.7. The molecule has 6 nitrogen and oxygen atoms in total. The maximum absolute atomic E-state index is 12.9. The maximum atomic E-state index is 12.9. The van der Waals surface area contributed by atoms with Gasteiger partial charge in [-0.05, 0) is 43.2 Å². The number of rotatable bonds is 7. The molecule has 0 aliphatic rings. The van der Waals surface area contributed by atoms with E-state index in [0.29, 0.717) is 22.1 Å². The van der Waals surface area contributed by atoms with Crippen LogP contribution in [0.15, 0.2) is 42.5 Å². The first-order valence-corrected chi connectivity index (χ1v) is 10.6. The van der Waals surface area contributed by atoms with E-state index in [1.807, 2.05) is 6.92 Å². The molecular formula is C19H23ClN2O4S. The minimum Gasteiger partial charge on any atom is -0.497 e. The van der Waals surface area contributed by atoms with Gasteiger partial charge in [-0.25, -0.2) is 8.42 Å². The Morgan fingerprint density at radius 3 is 2.52 bits per heavy atom. The quantitative estimate of drug-likeness (QED) is 0.752. The van der Waals surface area contributed by atoms with Gasteiger partial charge < -0.3 is 10.1 Å². The molecule has 0 spiro atoms. The van der Waals surface area contributed by atoms with Crippen LogP contribution in [-0.4, -0.2) is 33.7 Å². The molecule has 2 aromatic carbocycles. The second-order valence-corrected chi connectivity index (χ2v) is 8.40. The van der Waals surface area contributed by atoms with Gasteiger partial charge in [0.2, 0.25) is 15.9 Å². The maximum Gasteiger partial charge on any atom is 0.248 e. The van der Waals surface area contributed by atoms with Crippen molar-refractivity contribution in [2.24, 2.45) is 0 Å². The van der Waals surface area contributed by atoms with E-state index < -0.39 is 22.0 Å². The fraction of sp³-hybridized carbons (Fsp3) is 0.316. The summed E-state index contributed by atoms with van der Waals surface area (Å²) < 4.78 is 31.2. The highest BCUT2D eigenvalue weighted by molar-refractivity contribution is 7.92. The molecule has 0 bridgehead atoms. The third-order valence-corrected chi connectivity index (χ3v) is 5.66. The monoisotopic (exact) mass is 410 g/mol. The average molecular weight is 411 g/mol. The molecule has 0 fully saturated rings. The van der Waals surface area contributed by atoms with Crippen molar-refractivity contribution in [1.82, 2.24) is 0 Å². The topological polar surface area (TPSA) is 75.7 Å². The number of halogens is 1. The molecule has 8 heteroatoms. The highest BCUT2D eigenvalue weighted by Crippen LogP contribution is 2.28. The first kappa shape index (κ1) is 21.1. The van der Waals surface area contributed by atoms with Crippen molar-refractivity contribution in [3.05, 3.63) is 53.1 Å². The SMILES string of the molecule is CCC(C(=O)Nc1cccc(OC)c1)N(c1ccc(C)c(Cl)c1)S(C)(=O)=O. The molecule has 0 radical (unpaired) electrons. The van der Waals surface area contributed by atoms with E-state index in [-0.39, 0.29) is 6.42 Å². The van der Waals surface area contributed by atoms with Crippen LogP contribution in [-0.2, 0) is 14.8 Å². The minimum absolute atomic E-state index is 0.286. The summed E-state index contributed by atoms with van der Waals surface area (Å²) in [5.41, 5.74) is 1.69. The lowest BCUT2D eigenvalue weighted by molar-refractivity contribution is -0.117. The summed E-state index contributed by atoms with van der Waals surface area (Å²) in [6.07, 6.45) is 1.36. The lowest BCUT2D eigenvalue weighted by Crippen LogP contribution is -2.47. The van der Waals surface area contributed by atoms with Crippen LogP contribution < -0.4 is 14.4 Å². The van der Waals surface area contributed by atoms with Gasteiger partial charge in [0.15, 0.2) is 0 Å². The van der Waals surface area contributed by atoms with Gasteiger partial charge in [-0.1, -0.05) is 30.7 Å². The normalized spacial score (nSPS) is 12.3. The van der Waals surface area contributed by atoms with Crippen LogP contribution in [0.1, 0.15) is 18.9 Å². The molecule has 0 aliphatic heterocycles. The van der Waals surface area contributed by atoms with Crippen LogP contribution in [0.3, 0.4) is 0 Å². The van der Waals surface area contributed by atoms with Gasteiger partial charge in [0, 0.05) is 16.8 Å². The predicted octanol–water partition coefficient (Wildman–Crippen LogP) is 3.84. The van der Waals surface area contributed by atoms with Crippen molar-refractivity contribution >= 4 is 38.9 Å². The standard InChI is InChI=1S/C19H23ClN2O4S/c1-5-18(19(23)21-14-7-6-8-16(11-14)26-3)22(27(4,24)25)15-10-9-13(2)17(20)12-15/h6-12,18H,5H2,1-4H3,(H,21,23). The number of benzene rings is 2. The average Bonchev–Trinajstić information content (AvgIpc) is 2.61. The summed E-state index contributed by atoms with van der Waals surface area (Å²) in [6.45, 7) is 3.58. The Kier molecular flexibility index (Phi) is 6.73. The van der Waals surface area contributed by atoms with Crippen molar-refractivity contribution in [2.75, 3.05) is 23.0 Å². The second kappa shape index (κ2) is 8.63. The third kappa shape index (κ3) is 5.14. The number of anilines is 2. The van der Waals surface area contributed by atoms with Gasteiger partial charge in [0.05, 0.1) is 19.1 Å². The van der Waals surface area contributed by atoms with Crippen LogP contribution in [0.25, 0.3) is 0 Å². The lowest BCUT2D eigenvalue weighted by atomic mass is 10.1. The predicted molar refractivity (Wildman–Crippen MR) is 109 cm³/mol. The zero-order valence-corrected chi connectivity index (χ0v) is 17.3. The van der Waals surface area contributed by atoms with Gasteiger partial charge in [0.25, 0.3) is 0 Å². The Balaban J connectivity index is 2.39. The Labute approximate surface area is 165 Å². The van der Waals surface area contributed by atoms with Gasteiger partial charge in [-0.2, -0.15) is 0 Å². The van der Waals surface area contributed by atoms with Crippen molar-refractivity contribution in [3.63, 3.8) is 0 Å². The summed E-state index contributed by atoms with van der Waals surface area (Å²) in [5, 5.41) is 3.19. The number of nitrogens with one attached hydrogen (secondary N) is 1. The number of aryl methyl sites for hydroxylation is 1.